The van der Waals surface area contributed by atoms with Crippen LogP contribution in [0.3, 0.4) is 0 Å². The lowest BCUT2D eigenvalue weighted by Gasteiger charge is -2.10. The molecule has 8 nitrogen and oxygen atoms in total. The zero-order chi connectivity index (χ0) is 24.6. The van der Waals surface area contributed by atoms with E-state index in [9.17, 15) is 9.90 Å². The van der Waals surface area contributed by atoms with E-state index >= 15 is 0 Å². The van der Waals surface area contributed by atoms with Crippen LogP contribution in [0.25, 0.3) is 33.1 Å². The van der Waals surface area contributed by atoms with E-state index in [1.807, 2.05) is 72.8 Å². The van der Waals surface area contributed by atoms with E-state index in [1.54, 1.807) is 10.8 Å². The number of allylic oxidation sites excluding steroid dienone is 1. The number of hydrogen-bond donors (Lipinski definition) is 3. The monoisotopic (exact) mass is 476 g/mol. The average Bonchev–Trinajstić information content (AvgIpc) is 3.51. The Morgan fingerprint density at radius 2 is 1.83 bits per heavy atom. The third kappa shape index (κ3) is 3.97. The number of nitrogen functional groups attached to an aromatic ring is 1. The standard InChI is InChI=1S/C28H24N6O2/c29-26-24-25(33-34(27(24)32-16-31-26)22-11-12-23(35)14-22)19-7-5-17(6-8-19)15-30-28(36)21-10-9-18-3-1-2-4-20(18)13-21/h1-13,16,22-23,35H,14-15H2,(H,30,36)(H2,29,31,32). The van der Waals surface area contributed by atoms with Gasteiger partial charge >= 0.3 is 0 Å². The molecule has 2 heterocycles. The lowest BCUT2D eigenvalue weighted by Crippen LogP contribution is -2.22. The van der Waals surface area contributed by atoms with Crippen LogP contribution in [0.5, 0.6) is 0 Å². The number of rotatable bonds is 5. The smallest absolute Gasteiger partial charge is 0.251 e. The van der Waals surface area contributed by atoms with Gasteiger partial charge in [0.05, 0.1) is 17.5 Å². The summed E-state index contributed by atoms with van der Waals surface area (Å²) in [5.74, 6) is 0.238. The van der Waals surface area contributed by atoms with Crippen molar-refractivity contribution in [2.75, 3.05) is 5.73 Å². The van der Waals surface area contributed by atoms with Crippen molar-refractivity contribution in [3.63, 3.8) is 0 Å². The molecule has 1 amide bonds. The second-order valence-electron chi connectivity index (χ2n) is 8.95. The summed E-state index contributed by atoms with van der Waals surface area (Å²) in [6, 6.07) is 21.4. The van der Waals surface area contributed by atoms with Gasteiger partial charge < -0.3 is 16.2 Å². The summed E-state index contributed by atoms with van der Waals surface area (Å²) in [6.45, 7) is 0.400. The molecule has 0 radical (unpaired) electrons. The van der Waals surface area contributed by atoms with Crippen LogP contribution >= 0.6 is 0 Å². The van der Waals surface area contributed by atoms with Crippen LogP contribution in [0.4, 0.5) is 5.82 Å². The van der Waals surface area contributed by atoms with Gasteiger partial charge in [0.2, 0.25) is 0 Å². The summed E-state index contributed by atoms with van der Waals surface area (Å²) in [5, 5.41) is 20.6. The minimum Gasteiger partial charge on any atom is -0.389 e. The fourth-order valence-corrected chi connectivity index (χ4v) is 4.67. The van der Waals surface area contributed by atoms with Gasteiger partial charge in [0.15, 0.2) is 5.65 Å². The number of nitrogens with two attached hydrogens (primary N) is 1. The molecule has 5 aromatic rings. The Labute approximate surface area is 207 Å². The first-order valence-corrected chi connectivity index (χ1v) is 11.8. The number of fused-ring (bicyclic) bond motifs is 2. The van der Waals surface area contributed by atoms with Gasteiger partial charge in [-0.05, 0) is 28.5 Å². The summed E-state index contributed by atoms with van der Waals surface area (Å²) in [4.78, 5) is 21.3. The quantitative estimate of drug-likeness (QED) is 0.330. The van der Waals surface area contributed by atoms with E-state index in [0.717, 1.165) is 21.9 Å². The minimum absolute atomic E-state index is 0.102. The maximum Gasteiger partial charge on any atom is 0.251 e. The molecule has 36 heavy (non-hydrogen) atoms. The first-order valence-electron chi connectivity index (χ1n) is 11.8. The first-order chi connectivity index (χ1) is 17.6. The Balaban J connectivity index is 1.23. The normalized spacial score (nSPS) is 17.1. The van der Waals surface area contributed by atoms with Crippen molar-refractivity contribution in [1.82, 2.24) is 25.1 Å². The predicted octanol–water partition coefficient (Wildman–Crippen LogP) is 4.02. The van der Waals surface area contributed by atoms with Gasteiger partial charge in [-0.15, -0.1) is 0 Å². The number of nitrogens with one attached hydrogen (secondary N) is 1. The maximum absolute atomic E-state index is 12.7. The number of carbonyl (C=O) groups is 1. The molecule has 2 unspecified atom stereocenters. The summed E-state index contributed by atoms with van der Waals surface area (Å²) in [7, 11) is 0. The lowest BCUT2D eigenvalue weighted by atomic mass is 10.1. The number of aromatic nitrogens is 4. The van der Waals surface area contributed by atoms with Gasteiger partial charge in [-0.3, -0.25) is 4.79 Å². The number of anilines is 1. The van der Waals surface area contributed by atoms with Crippen LogP contribution in [0.1, 0.15) is 28.4 Å². The molecule has 2 aromatic heterocycles. The fraction of sp³-hybridized carbons (Fsp3) is 0.143. The highest BCUT2D eigenvalue weighted by atomic mass is 16.3. The van der Waals surface area contributed by atoms with E-state index < -0.39 is 6.10 Å². The molecule has 1 aliphatic rings. The average molecular weight is 477 g/mol. The molecule has 0 aliphatic heterocycles. The number of aliphatic hydroxyl groups excluding tert-OH is 1. The summed E-state index contributed by atoms with van der Waals surface area (Å²) in [6.07, 6.45) is 5.16. The van der Waals surface area contributed by atoms with Crippen molar-refractivity contribution in [3.8, 4) is 11.3 Å². The van der Waals surface area contributed by atoms with Crippen molar-refractivity contribution >= 4 is 33.5 Å². The van der Waals surface area contributed by atoms with Crippen molar-refractivity contribution in [2.24, 2.45) is 0 Å². The summed E-state index contributed by atoms with van der Waals surface area (Å²) < 4.78 is 1.80. The summed E-state index contributed by atoms with van der Waals surface area (Å²) in [5.41, 5.74) is 9.99. The molecule has 0 bridgehead atoms. The second-order valence-corrected chi connectivity index (χ2v) is 8.95. The van der Waals surface area contributed by atoms with Gasteiger partial charge in [-0.1, -0.05) is 66.7 Å². The highest BCUT2D eigenvalue weighted by molar-refractivity contribution is 5.99. The van der Waals surface area contributed by atoms with Crippen LogP contribution in [0.2, 0.25) is 0 Å². The molecule has 2 atom stereocenters. The van der Waals surface area contributed by atoms with Crippen molar-refractivity contribution < 1.29 is 9.90 Å². The largest absolute Gasteiger partial charge is 0.389 e. The number of aliphatic hydroxyl groups is 1. The fourth-order valence-electron chi connectivity index (χ4n) is 4.67. The van der Waals surface area contributed by atoms with E-state index in [-0.39, 0.29) is 11.9 Å². The Bertz CT molecular complexity index is 1620. The molecular weight excluding hydrogens is 452 g/mol. The molecule has 8 heteroatoms. The molecule has 4 N–H and O–H groups in total. The van der Waals surface area contributed by atoms with E-state index in [1.165, 1.54) is 6.33 Å². The van der Waals surface area contributed by atoms with Gasteiger partial charge in [-0.2, -0.15) is 5.10 Å². The van der Waals surface area contributed by atoms with Crippen LogP contribution < -0.4 is 11.1 Å². The molecule has 6 rings (SSSR count). The van der Waals surface area contributed by atoms with Gasteiger partial charge in [0.25, 0.3) is 5.91 Å². The third-order valence-electron chi connectivity index (χ3n) is 6.56. The Hall–Kier alpha value is -4.56. The lowest BCUT2D eigenvalue weighted by molar-refractivity contribution is 0.0951. The third-order valence-corrected chi connectivity index (χ3v) is 6.56. The first kappa shape index (κ1) is 21.9. The molecule has 0 spiro atoms. The van der Waals surface area contributed by atoms with Crippen LogP contribution in [0, 0.1) is 0 Å². The highest BCUT2D eigenvalue weighted by Gasteiger charge is 2.25. The molecule has 3 aromatic carbocycles. The van der Waals surface area contributed by atoms with E-state index in [0.29, 0.717) is 41.1 Å². The maximum atomic E-state index is 12.7. The van der Waals surface area contributed by atoms with Crippen LogP contribution in [0.15, 0.2) is 85.2 Å². The molecule has 0 saturated carbocycles. The Kier molecular flexibility index (Phi) is 5.42. The van der Waals surface area contributed by atoms with Crippen molar-refractivity contribution in [2.45, 2.75) is 25.1 Å². The second kappa shape index (κ2) is 8.90. The summed E-state index contributed by atoms with van der Waals surface area (Å²) >= 11 is 0. The van der Waals surface area contributed by atoms with Crippen molar-refractivity contribution in [1.29, 1.82) is 0 Å². The van der Waals surface area contributed by atoms with E-state index in [4.69, 9.17) is 10.8 Å². The molecular formula is C28H24N6O2. The zero-order valence-electron chi connectivity index (χ0n) is 19.4. The van der Waals surface area contributed by atoms with Gasteiger partial charge in [-0.25, -0.2) is 14.6 Å². The van der Waals surface area contributed by atoms with E-state index in [2.05, 4.69) is 15.3 Å². The van der Waals surface area contributed by atoms with Crippen LogP contribution in [-0.4, -0.2) is 36.9 Å². The SMILES string of the molecule is Nc1ncnc2c1c(-c1ccc(CNC(=O)c3ccc4ccccc4c3)cc1)nn2C1C=CC(O)C1. The van der Waals surface area contributed by atoms with Crippen molar-refractivity contribution in [3.05, 3.63) is 96.3 Å². The molecule has 178 valence electrons. The number of amides is 1. The molecule has 0 saturated heterocycles. The predicted molar refractivity (Wildman–Crippen MR) is 139 cm³/mol. The number of nitrogens with zero attached hydrogens (tertiary/aromatic N) is 4. The number of hydrogen-bond acceptors (Lipinski definition) is 6. The zero-order valence-corrected chi connectivity index (χ0v) is 19.4. The minimum atomic E-state index is -0.499. The van der Waals surface area contributed by atoms with Crippen LogP contribution in [-0.2, 0) is 6.54 Å². The Morgan fingerprint density at radius 1 is 1.03 bits per heavy atom. The number of benzene rings is 3. The highest BCUT2D eigenvalue weighted by Crippen LogP contribution is 2.34. The topological polar surface area (TPSA) is 119 Å². The molecule has 0 fully saturated rings. The van der Waals surface area contributed by atoms with Gasteiger partial charge in [0.1, 0.15) is 17.8 Å². The number of carbonyl (C=O) groups excluding carboxylic acids is 1. The van der Waals surface area contributed by atoms with Gasteiger partial charge in [0, 0.05) is 24.1 Å². The molecule has 1 aliphatic carbocycles. The Morgan fingerprint density at radius 3 is 2.61 bits per heavy atom.